The number of hydrogen-bond donors (Lipinski definition) is 2. The molecule has 0 aliphatic rings. The van der Waals surface area contributed by atoms with E-state index < -0.39 is 6.10 Å². The number of nitrogens with one attached hydrogen (secondary N) is 1. The molecule has 0 radical (unpaired) electrons. The molecule has 0 aromatic heterocycles. The van der Waals surface area contributed by atoms with E-state index in [9.17, 15) is 9.50 Å². The third-order valence-corrected chi connectivity index (χ3v) is 2.81. The van der Waals surface area contributed by atoms with Crippen LogP contribution < -0.4 is 5.32 Å². The van der Waals surface area contributed by atoms with Crippen molar-refractivity contribution in [3.63, 3.8) is 0 Å². The van der Waals surface area contributed by atoms with Gasteiger partial charge in [0.05, 0.1) is 6.10 Å². The summed E-state index contributed by atoms with van der Waals surface area (Å²) in [6, 6.07) is 13.8. The molecule has 1 unspecified atom stereocenters. The van der Waals surface area contributed by atoms with Gasteiger partial charge in [0.2, 0.25) is 0 Å². The predicted molar refractivity (Wildman–Crippen MR) is 71.0 cm³/mol. The van der Waals surface area contributed by atoms with Crippen LogP contribution in [0.1, 0.15) is 17.2 Å². The van der Waals surface area contributed by atoms with Crippen LogP contribution in [0.3, 0.4) is 0 Å². The highest BCUT2D eigenvalue weighted by atomic mass is 19.1. The minimum atomic E-state index is -0.573. The van der Waals surface area contributed by atoms with Gasteiger partial charge in [-0.3, -0.25) is 0 Å². The summed E-state index contributed by atoms with van der Waals surface area (Å²) in [6.07, 6.45) is -0.573. The van der Waals surface area contributed by atoms with Gasteiger partial charge in [-0.25, -0.2) is 4.39 Å². The van der Waals surface area contributed by atoms with Crippen molar-refractivity contribution < 1.29 is 9.50 Å². The van der Waals surface area contributed by atoms with Crippen molar-refractivity contribution in [1.29, 1.82) is 0 Å². The van der Waals surface area contributed by atoms with Gasteiger partial charge in [0.15, 0.2) is 0 Å². The maximum atomic E-state index is 12.7. The number of aliphatic hydroxyl groups is 1. The number of hydrogen-bond acceptors (Lipinski definition) is 2. The van der Waals surface area contributed by atoms with E-state index in [0.29, 0.717) is 6.54 Å². The number of anilines is 1. The lowest BCUT2D eigenvalue weighted by Gasteiger charge is -2.13. The highest BCUT2D eigenvalue weighted by molar-refractivity contribution is 5.43. The average molecular weight is 245 g/mol. The minimum Gasteiger partial charge on any atom is -0.387 e. The van der Waals surface area contributed by atoms with E-state index in [0.717, 1.165) is 16.8 Å². The van der Waals surface area contributed by atoms with E-state index in [1.807, 2.05) is 31.2 Å². The molecule has 0 aliphatic carbocycles. The lowest BCUT2D eigenvalue weighted by atomic mass is 10.1. The normalized spacial score (nSPS) is 12.2. The molecule has 0 aliphatic heterocycles. The Kier molecular flexibility index (Phi) is 3.95. The smallest absolute Gasteiger partial charge is 0.123 e. The Morgan fingerprint density at radius 2 is 1.67 bits per heavy atom. The average Bonchev–Trinajstić information content (AvgIpc) is 2.38. The van der Waals surface area contributed by atoms with E-state index in [4.69, 9.17) is 0 Å². The number of halogens is 1. The second kappa shape index (κ2) is 5.65. The van der Waals surface area contributed by atoms with Gasteiger partial charge in [-0.1, -0.05) is 29.8 Å². The van der Waals surface area contributed by atoms with E-state index in [-0.39, 0.29) is 5.82 Å². The summed E-state index contributed by atoms with van der Waals surface area (Å²) in [5.41, 5.74) is 2.83. The largest absolute Gasteiger partial charge is 0.387 e. The zero-order valence-electron chi connectivity index (χ0n) is 10.2. The van der Waals surface area contributed by atoms with Crippen LogP contribution in [0.2, 0.25) is 0 Å². The molecule has 2 nitrogen and oxygen atoms in total. The molecule has 0 spiro atoms. The quantitative estimate of drug-likeness (QED) is 0.866. The van der Waals surface area contributed by atoms with E-state index in [1.165, 1.54) is 12.1 Å². The third kappa shape index (κ3) is 3.31. The summed E-state index contributed by atoms with van der Waals surface area (Å²) < 4.78 is 12.7. The molecule has 94 valence electrons. The molecule has 0 amide bonds. The number of benzene rings is 2. The van der Waals surface area contributed by atoms with Gasteiger partial charge >= 0.3 is 0 Å². The Hall–Kier alpha value is -1.87. The van der Waals surface area contributed by atoms with E-state index >= 15 is 0 Å². The lowest BCUT2D eigenvalue weighted by Crippen LogP contribution is -2.12. The Morgan fingerprint density at radius 3 is 2.28 bits per heavy atom. The Bertz CT molecular complexity index is 493. The first-order chi connectivity index (χ1) is 8.65. The Balaban J connectivity index is 1.93. The fourth-order valence-electron chi connectivity index (χ4n) is 1.69. The molecule has 1 atom stereocenters. The minimum absolute atomic E-state index is 0.264. The zero-order valence-corrected chi connectivity index (χ0v) is 10.2. The van der Waals surface area contributed by atoms with Gasteiger partial charge in [-0.05, 0) is 36.8 Å². The third-order valence-electron chi connectivity index (χ3n) is 2.81. The van der Waals surface area contributed by atoms with Crippen molar-refractivity contribution in [2.24, 2.45) is 0 Å². The zero-order chi connectivity index (χ0) is 13.0. The fourth-order valence-corrected chi connectivity index (χ4v) is 1.69. The van der Waals surface area contributed by atoms with Gasteiger partial charge in [0, 0.05) is 12.2 Å². The SMILES string of the molecule is Cc1ccc(C(O)CNc2ccc(F)cc2)cc1. The Morgan fingerprint density at radius 1 is 1.06 bits per heavy atom. The second-order valence-electron chi connectivity index (χ2n) is 4.31. The summed E-state index contributed by atoms with van der Waals surface area (Å²) in [5.74, 6) is -0.264. The van der Waals surface area contributed by atoms with Crippen LogP contribution >= 0.6 is 0 Å². The van der Waals surface area contributed by atoms with Crippen molar-refractivity contribution in [1.82, 2.24) is 0 Å². The molecule has 0 heterocycles. The molecule has 18 heavy (non-hydrogen) atoms. The van der Waals surface area contributed by atoms with Crippen molar-refractivity contribution in [2.75, 3.05) is 11.9 Å². The molecule has 0 saturated carbocycles. The first-order valence-corrected chi connectivity index (χ1v) is 5.89. The van der Waals surface area contributed by atoms with Crippen LogP contribution in [-0.2, 0) is 0 Å². The number of rotatable bonds is 4. The fraction of sp³-hybridized carbons (Fsp3) is 0.200. The molecular formula is C15H16FNO. The van der Waals surface area contributed by atoms with Crippen LogP contribution in [0, 0.1) is 12.7 Å². The van der Waals surface area contributed by atoms with Crippen molar-refractivity contribution in [3.05, 3.63) is 65.5 Å². The van der Waals surface area contributed by atoms with E-state index in [1.54, 1.807) is 12.1 Å². The van der Waals surface area contributed by atoms with Crippen LogP contribution in [-0.4, -0.2) is 11.7 Å². The second-order valence-corrected chi connectivity index (χ2v) is 4.31. The topological polar surface area (TPSA) is 32.3 Å². The summed E-state index contributed by atoms with van der Waals surface area (Å²) >= 11 is 0. The maximum Gasteiger partial charge on any atom is 0.123 e. The van der Waals surface area contributed by atoms with Crippen molar-refractivity contribution in [2.45, 2.75) is 13.0 Å². The van der Waals surface area contributed by atoms with Gasteiger partial charge in [-0.15, -0.1) is 0 Å². The van der Waals surface area contributed by atoms with Crippen molar-refractivity contribution in [3.8, 4) is 0 Å². The summed E-state index contributed by atoms with van der Waals surface area (Å²) in [4.78, 5) is 0. The monoisotopic (exact) mass is 245 g/mol. The van der Waals surface area contributed by atoms with E-state index in [2.05, 4.69) is 5.32 Å². The molecule has 2 aromatic carbocycles. The van der Waals surface area contributed by atoms with Crippen molar-refractivity contribution >= 4 is 5.69 Å². The van der Waals surface area contributed by atoms with Crippen LogP contribution in [0.4, 0.5) is 10.1 Å². The van der Waals surface area contributed by atoms with Gasteiger partial charge in [-0.2, -0.15) is 0 Å². The molecule has 0 fully saturated rings. The highest BCUT2D eigenvalue weighted by Gasteiger charge is 2.06. The molecule has 0 saturated heterocycles. The Labute approximate surface area is 106 Å². The molecule has 2 rings (SSSR count). The molecule has 2 N–H and O–H groups in total. The van der Waals surface area contributed by atoms with Crippen LogP contribution in [0.5, 0.6) is 0 Å². The van der Waals surface area contributed by atoms with Gasteiger partial charge in [0.25, 0.3) is 0 Å². The van der Waals surface area contributed by atoms with Crippen LogP contribution in [0.25, 0.3) is 0 Å². The summed E-state index contributed by atoms with van der Waals surface area (Å²) in [6.45, 7) is 2.40. The molecule has 0 bridgehead atoms. The molecule has 2 aromatic rings. The summed E-state index contributed by atoms with van der Waals surface area (Å²) in [7, 11) is 0. The molecular weight excluding hydrogens is 229 g/mol. The highest BCUT2D eigenvalue weighted by Crippen LogP contribution is 2.15. The lowest BCUT2D eigenvalue weighted by molar-refractivity contribution is 0.191. The molecule has 3 heteroatoms. The first kappa shape index (κ1) is 12.6. The predicted octanol–water partition coefficient (Wildman–Crippen LogP) is 3.28. The maximum absolute atomic E-state index is 12.7. The number of aryl methyl sites for hydroxylation is 1. The van der Waals surface area contributed by atoms with Gasteiger partial charge < -0.3 is 10.4 Å². The standard InChI is InChI=1S/C15H16FNO/c1-11-2-4-12(5-3-11)15(18)10-17-14-8-6-13(16)7-9-14/h2-9,15,17-18H,10H2,1H3. The number of aliphatic hydroxyl groups excluding tert-OH is 1. The van der Waals surface area contributed by atoms with Gasteiger partial charge in [0.1, 0.15) is 5.82 Å². The van der Waals surface area contributed by atoms with Crippen LogP contribution in [0.15, 0.2) is 48.5 Å². The first-order valence-electron chi connectivity index (χ1n) is 5.89. The summed E-state index contributed by atoms with van der Waals surface area (Å²) in [5, 5.41) is 13.1.